The molecule has 1 aliphatic heterocycles. The fraction of sp³-hybridized carbons (Fsp3) is 0.500. The lowest BCUT2D eigenvalue weighted by atomic mass is 10.2. The van der Waals surface area contributed by atoms with Gasteiger partial charge in [0.2, 0.25) is 5.91 Å². The third-order valence-corrected chi connectivity index (χ3v) is 4.89. The average Bonchev–Trinajstić information content (AvgIpc) is 3.14. The summed E-state index contributed by atoms with van der Waals surface area (Å²) >= 11 is 2.82. The van der Waals surface area contributed by atoms with Crippen LogP contribution < -0.4 is 0 Å². The number of amides is 1. The van der Waals surface area contributed by atoms with Gasteiger partial charge in [0.1, 0.15) is 0 Å². The van der Waals surface area contributed by atoms with E-state index in [0.29, 0.717) is 30.0 Å². The lowest BCUT2D eigenvalue weighted by Gasteiger charge is -2.35. The van der Waals surface area contributed by atoms with E-state index >= 15 is 0 Å². The molecular formula is C14H17N3O3S2. The van der Waals surface area contributed by atoms with Crippen LogP contribution in [0.15, 0.2) is 27.2 Å². The lowest BCUT2D eigenvalue weighted by Crippen LogP contribution is -2.48. The summed E-state index contributed by atoms with van der Waals surface area (Å²) in [5, 5.41) is 10.4. The molecule has 6 nitrogen and oxygen atoms in total. The molecule has 1 saturated heterocycles. The Morgan fingerprint density at radius 1 is 1.41 bits per heavy atom. The van der Waals surface area contributed by atoms with Gasteiger partial charge in [0.15, 0.2) is 0 Å². The summed E-state index contributed by atoms with van der Waals surface area (Å²) in [6.45, 7) is 5.23. The lowest BCUT2D eigenvalue weighted by molar-refractivity contribution is -0.140. The third-order valence-electron chi connectivity index (χ3n) is 3.23. The predicted octanol–water partition coefficient (Wildman–Crippen LogP) is 2.53. The van der Waals surface area contributed by atoms with Gasteiger partial charge in [0.25, 0.3) is 11.1 Å². The number of thiophene rings is 1. The van der Waals surface area contributed by atoms with Crippen molar-refractivity contribution in [3.05, 3.63) is 17.5 Å². The molecule has 3 rings (SSSR count). The van der Waals surface area contributed by atoms with Crippen LogP contribution in [-0.4, -0.2) is 52.1 Å². The standard InChI is InChI=1S/C14H17N3O3S2/c1-9-6-17(7-10(2)19-9)12(18)8-22-14-16-15-13(20-14)11-4-3-5-21-11/h3-5,9-10H,6-8H2,1-2H3/t9-,10-/m0/s1. The van der Waals surface area contributed by atoms with Gasteiger partial charge < -0.3 is 14.1 Å². The van der Waals surface area contributed by atoms with Gasteiger partial charge in [-0.05, 0) is 25.3 Å². The highest BCUT2D eigenvalue weighted by Crippen LogP contribution is 2.26. The van der Waals surface area contributed by atoms with Crippen LogP contribution in [0.2, 0.25) is 0 Å². The Morgan fingerprint density at radius 3 is 2.86 bits per heavy atom. The second kappa shape index (κ2) is 6.80. The molecule has 2 aromatic heterocycles. The van der Waals surface area contributed by atoms with Gasteiger partial charge in [-0.25, -0.2) is 0 Å². The normalized spacial score (nSPS) is 22.0. The molecule has 3 heterocycles. The SMILES string of the molecule is C[C@H]1CN(C(=O)CSc2nnc(-c3cccs3)o2)C[C@H](C)O1. The van der Waals surface area contributed by atoms with Crippen molar-refractivity contribution in [1.29, 1.82) is 0 Å². The summed E-state index contributed by atoms with van der Waals surface area (Å²) in [7, 11) is 0. The minimum Gasteiger partial charge on any atom is -0.410 e. The van der Waals surface area contributed by atoms with Crippen molar-refractivity contribution in [1.82, 2.24) is 15.1 Å². The van der Waals surface area contributed by atoms with Crippen LogP contribution in [0, 0.1) is 0 Å². The Hall–Kier alpha value is -1.38. The van der Waals surface area contributed by atoms with Crippen LogP contribution in [0.3, 0.4) is 0 Å². The number of ether oxygens (including phenoxy) is 1. The van der Waals surface area contributed by atoms with Crippen molar-refractivity contribution in [2.75, 3.05) is 18.8 Å². The smallest absolute Gasteiger partial charge is 0.277 e. The first-order chi connectivity index (χ1) is 10.6. The monoisotopic (exact) mass is 339 g/mol. The molecule has 118 valence electrons. The molecule has 2 atom stereocenters. The Balaban J connectivity index is 1.55. The number of rotatable bonds is 4. The highest BCUT2D eigenvalue weighted by Gasteiger charge is 2.26. The Bertz CT molecular complexity index is 619. The maximum Gasteiger partial charge on any atom is 0.277 e. The number of nitrogens with zero attached hydrogens (tertiary/aromatic N) is 3. The minimum atomic E-state index is 0.0721. The zero-order valence-electron chi connectivity index (χ0n) is 12.4. The van der Waals surface area contributed by atoms with Crippen molar-refractivity contribution in [2.45, 2.75) is 31.3 Å². The quantitative estimate of drug-likeness (QED) is 0.797. The Labute approximate surface area is 136 Å². The van der Waals surface area contributed by atoms with E-state index in [1.165, 1.54) is 11.8 Å². The van der Waals surface area contributed by atoms with E-state index in [9.17, 15) is 4.79 Å². The second-order valence-corrected chi connectivity index (χ2v) is 7.07. The van der Waals surface area contributed by atoms with E-state index in [1.54, 1.807) is 11.3 Å². The maximum absolute atomic E-state index is 12.3. The van der Waals surface area contributed by atoms with E-state index in [2.05, 4.69) is 10.2 Å². The molecule has 0 N–H and O–H groups in total. The average molecular weight is 339 g/mol. The summed E-state index contributed by atoms with van der Waals surface area (Å²) in [5.41, 5.74) is 0. The molecule has 0 saturated carbocycles. The second-order valence-electron chi connectivity index (χ2n) is 5.20. The zero-order chi connectivity index (χ0) is 15.5. The van der Waals surface area contributed by atoms with E-state index < -0.39 is 0 Å². The van der Waals surface area contributed by atoms with Crippen LogP contribution in [0.1, 0.15) is 13.8 Å². The first-order valence-corrected chi connectivity index (χ1v) is 8.92. The topological polar surface area (TPSA) is 68.5 Å². The molecule has 0 radical (unpaired) electrons. The number of hydrogen-bond acceptors (Lipinski definition) is 7. The Kier molecular flexibility index (Phi) is 4.80. The fourth-order valence-electron chi connectivity index (χ4n) is 2.36. The van der Waals surface area contributed by atoms with Gasteiger partial charge >= 0.3 is 0 Å². The number of hydrogen-bond donors (Lipinski definition) is 0. The number of carbonyl (C=O) groups is 1. The van der Waals surface area contributed by atoms with Gasteiger partial charge in [-0.1, -0.05) is 17.8 Å². The number of carbonyl (C=O) groups excluding carboxylic acids is 1. The molecule has 0 bridgehead atoms. The van der Waals surface area contributed by atoms with E-state index in [1.807, 2.05) is 36.3 Å². The van der Waals surface area contributed by atoms with Gasteiger partial charge in [-0.15, -0.1) is 21.5 Å². The highest BCUT2D eigenvalue weighted by molar-refractivity contribution is 7.99. The van der Waals surface area contributed by atoms with Gasteiger partial charge in [0, 0.05) is 13.1 Å². The minimum absolute atomic E-state index is 0.0721. The summed E-state index contributed by atoms with van der Waals surface area (Å²) in [6, 6.07) is 3.86. The number of morpholine rings is 1. The molecule has 0 aliphatic carbocycles. The first-order valence-electron chi connectivity index (χ1n) is 7.05. The van der Waals surface area contributed by atoms with Gasteiger partial charge in [-0.3, -0.25) is 4.79 Å². The van der Waals surface area contributed by atoms with Crippen LogP contribution >= 0.6 is 23.1 Å². The zero-order valence-corrected chi connectivity index (χ0v) is 14.0. The van der Waals surface area contributed by atoms with Crippen molar-refractivity contribution in [3.8, 4) is 10.8 Å². The Morgan fingerprint density at radius 2 is 2.18 bits per heavy atom. The third kappa shape index (κ3) is 3.68. The number of aromatic nitrogens is 2. The molecule has 0 unspecified atom stereocenters. The van der Waals surface area contributed by atoms with Crippen molar-refractivity contribution >= 4 is 29.0 Å². The molecular weight excluding hydrogens is 322 g/mol. The molecule has 8 heteroatoms. The molecule has 1 amide bonds. The highest BCUT2D eigenvalue weighted by atomic mass is 32.2. The van der Waals surface area contributed by atoms with Crippen LogP contribution in [0.25, 0.3) is 10.8 Å². The summed E-state index contributed by atoms with van der Waals surface area (Å²) in [5.74, 6) is 0.868. The van der Waals surface area contributed by atoms with Crippen molar-refractivity contribution < 1.29 is 13.9 Å². The van der Waals surface area contributed by atoms with Crippen LogP contribution in [0.5, 0.6) is 0 Å². The molecule has 0 aromatic carbocycles. The molecule has 0 spiro atoms. The molecule has 2 aromatic rings. The van der Waals surface area contributed by atoms with Crippen molar-refractivity contribution in [2.24, 2.45) is 0 Å². The molecule has 1 aliphatic rings. The van der Waals surface area contributed by atoms with E-state index in [-0.39, 0.29) is 18.1 Å². The van der Waals surface area contributed by atoms with Crippen molar-refractivity contribution in [3.63, 3.8) is 0 Å². The van der Waals surface area contributed by atoms with Gasteiger partial charge in [-0.2, -0.15) is 0 Å². The van der Waals surface area contributed by atoms with E-state index in [4.69, 9.17) is 9.15 Å². The summed E-state index contributed by atoms with van der Waals surface area (Å²) in [6.07, 6.45) is 0.151. The maximum atomic E-state index is 12.3. The summed E-state index contributed by atoms with van der Waals surface area (Å²) < 4.78 is 11.2. The first kappa shape index (κ1) is 15.5. The largest absolute Gasteiger partial charge is 0.410 e. The van der Waals surface area contributed by atoms with Crippen LogP contribution in [0.4, 0.5) is 0 Å². The predicted molar refractivity (Wildman–Crippen MR) is 84.9 cm³/mol. The molecule has 22 heavy (non-hydrogen) atoms. The van der Waals surface area contributed by atoms with Crippen LogP contribution in [-0.2, 0) is 9.53 Å². The van der Waals surface area contributed by atoms with E-state index in [0.717, 1.165) is 4.88 Å². The number of thioether (sulfide) groups is 1. The molecule has 1 fully saturated rings. The fourth-order valence-corrected chi connectivity index (χ4v) is 3.67. The van der Waals surface area contributed by atoms with Gasteiger partial charge in [0.05, 0.1) is 22.8 Å². The summed E-state index contributed by atoms with van der Waals surface area (Å²) in [4.78, 5) is 15.0.